The zero-order chi connectivity index (χ0) is 21.0. The predicted octanol–water partition coefficient (Wildman–Crippen LogP) is 2.61. The molecule has 0 aromatic carbocycles. The van der Waals surface area contributed by atoms with Gasteiger partial charge in [0.05, 0.1) is 12.0 Å². The number of nitrogens with two attached hydrogens (primary N) is 2. The lowest BCUT2D eigenvalue weighted by atomic mass is 9.72. The highest BCUT2D eigenvalue weighted by Gasteiger charge is 2.35. The second-order valence-corrected chi connectivity index (χ2v) is 7.06. The summed E-state index contributed by atoms with van der Waals surface area (Å²) < 4.78 is 0. The quantitative estimate of drug-likeness (QED) is 0.332. The number of aromatic nitrogens is 5. The number of nitrogen functional groups attached to an aromatic ring is 1. The average Bonchev–Trinajstić information content (AvgIpc) is 3.26. The Morgan fingerprint density at radius 1 is 1.17 bits per heavy atom. The molecule has 0 radical (unpaired) electrons. The lowest BCUT2D eigenvalue weighted by Gasteiger charge is -2.34. The molecule has 150 valence electrons. The molecule has 9 heteroatoms. The fourth-order valence-electron chi connectivity index (χ4n) is 2.94. The highest BCUT2D eigenvalue weighted by molar-refractivity contribution is 5.92. The number of hydrogen-bond acceptors (Lipinski definition) is 8. The number of aromatic amines is 1. The minimum atomic E-state index is -0.511. The van der Waals surface area contributed by atoms with Crippen molar-refractivity contribution in [1.29, 1.82) is 0 Å². The fourth-order valence-corrected chi connectivity index (χ4v) is 2.94. The number of rotatable bonds is 6. The van der Waals surface area contributed by atoms with Crippen LogP contribution in [0, 0.1) is 5.92 Å². The van der Waals surface area contributed by atoms with Crippen molar-refractivity contribution in [1.82, 2.24) is 24.9 Å². The van der Waals surface area contributed by atoms with Gasteiger partial charge in [0.2, 0.25) is 5.95 Å². The standard InChI is InChI=1S/C20H24N8O/c1-12(2)20(4,13(3)28-18(29-22)17-10-23-11-27-17)15-5-6-16(24-9-15)14-7-25-19(21)26-8-14/h5-12H,3,22H2,1-2,4H3,(H,23,27)(H2,21,25,26)/b28-18-. The lowest BCUT2D eigenvalue weighted by Crippen LogP contribution is -2.31. The zero-order valence-electron chi connectivity index (χ0n) is 16.6. The minimum Gasteiger partial charge on any atom is -0.389 e. The summed E-state index contributed by atoms with van der Waals surface area (Å²) >= 11 is 0. The third-order valence-electron chi connectivity index (χ3n) is 5.15. The molecule has 0 bridgehead atoms. The monoisotopic (exact) mass is 392 g/mol. The Balaban J connectivity index is 1.95. The molecule has 3 heterocycles. The van der Waals surface area contributed by atoms with Gasteiger partial charge in [0.15, 0.2) is 0 Å². The molecule has 0 fully saturated rings. The van der Waals surface area contributed by atoms with Gasteiger partial charge in [-0.1, -0.05) is 26.5 Å². The molecular weight excluding hydrogens is 368 g/mol. The number of pyridine rings is 1. The van der Waals surface area contributed by atoms with Crippen LogP contribution in [-0.2, 0) is 10.3 Å². The van der Waals surface area contributed by atoms with E-state index < -0.39 is 5.41 Å². The van der Waals surface area contributed by atoms with Crippen LogP contribution in [0.15, 0.2) is 60.5 Å². The molecule has 0 aliphatic heterocycles. The van der Waals surface area contributed by atoms with Gasteiger partial charge in [-0.2, -0.15) is 5.90 Å². The molecule has 3 rings (SSSR count). The van der Waals surface area contributed by atoms with Gasteiger partial charge < -0.3 is 15.6 Å². The smallest absolute Gasteiger partial charge is 0.265 e. The van der Waals surface area contributed by atoms with Gasteiger partial charge in [-0.15, -0.1) is 0 Å². The lowest BCUT2D eigenvalue weighted by molar-refractivity contribution is 0.317. The molecule has 1 atom stereocenters. The molecule has 1 unspecified atom stereocenters. The summed E-state index contributed by atoms with van der Waals surface area (Å²) in [5, 5.41) is 0. The molecule has 0 amide bonds. The molecule has 0 aliphatic rings. The second kappa shape index (κ2) is 8.19. The Labute approximate surface area is 169 Å². The molecule has 0 saturated carbocycles. The maximum atomic E-state index is 5.55. The maximum absolute atomic E-state index is 5.55. The van der Waals surface area contributed by atoms with Crippen LogP contribution in [0.3, 0.4) is 0 Å². The van der Waals surface area contributed by atoms with Crippen LogP contribution in [0.1, 0.15) is 32.0 Å². The Morgan fingerprint density at radius 3 is 2.41 bits per heavy atom. The first-order chi connectivity index (χ1) is 13.9. The highest BCUT2D eigenvalue weighted by Crippen LogP contribution is 2.39. The number of allylic oxidation sites excluding steroid dienone is 1. The number of anilines is 1. The topological polar surface area (TPSA) is 141 Å². The predicted molar refractivity (Wildman–Crippen MR) is 111 cm³/mol. The summed E-state index contributed by atoms with van der Waals surface area (Å²) in [5.74, 6) is 5.99. The first-order valence-electron chi connectivity index (χ1n) is 9.04. The van der Waals surface area contributed by atoms with Gasteiger partial charge in [-0.25, -0.2) is 19.9 Å². The van der Waals surface area contributed by atoms with Crippen LogP contribution in [0.2, 0.25) is 0 Å². The summed E-state index contributed by atoms with van der Waals surface area (Å²) in [5.41, 5.74) is 8.61. The molecule has 9 nitrogen and oxygen atoms in total. The summed E-state index contributed by atoms with van der Waals surface area (Å²) in [6, 6.07) is 3.91. The first kappa shape index (κ1) is 20.2. The van der Waals surface area contributed by atoms with Crippen LogP contribution in [0.5, 0.6) is 0 Å². The van der Waals surface area contributed by atoms with Crippen molar-refractivity contribution >= 4 is 11.8 Å². The molecule has 3 aromatic heterocycles. The number of hydrogen-bond donors (Lipinski definition) is 3. The van der Waals surface area contributed by atoms with Crippen molar-refractivity contribution < 1.29 is 4.84 Å². The molecule has 0 spiro atoms. The molecule has 0 aliphatic carbocycles. The third-order valence-corrected chi connectivity index (χ3v) is 5.15. The van der Waals surface area contributed by atoms with E-state index in [1.807, 2.05) is 18.3 Å². The number of nitrogens with one attached hydrogen (secondary N) is 1. The van der Waals surface area contributed by atoms with Crippen molar-refractivity contribution in [3.63, 3.8) is 0 Å². The molecule has 29 heavy (non-hydrogen) atoms. The Bertz CT molecular complexity index is 994. The average molecular weight is 392 g/mol. The van der Waals surface area contributed by atoms with Crippen molar-refractivity contribution in [2.75, 3.05) is 5.73 Å². The van der Waals surface area contributed by atoms with Gasteiger partial charge in [-0.3, -0.25) is 4.98 Å². The van der Waals surface area contributed by atoms with Gasteiger partial charge in [0.25, 0.3) is 5.90 Å². The SMILES string of the molecule is C=C(/N=C(\ON)c1c[nH]cn1)C(C)(c1ccc(-c2cnc(N)nc2)nc1)C(C)C. The van der Waals surface area contributed by atoms with Gasteiger partial charge in [0.1, 0.15) is 5.69 Å². The Morgan fingerprint density at radius 2 is 1.90 bits per heavy atom. The van der Waals surface area contributed by atoms with E-state index in [4.69, 9.17) is 16.5 Å². The Hall–Kier alpha value is -3.59. The fraction of sp³-hybridized carbons (Fsp3) is 0.250. The van der Waals surface area contributed by atoms with Crippen molar-refractivity contribution in [3.05, 3.63) is 66.8 Å². The molecule has 3 aromatic rings. The van der Waals surface area contributed by atoms with Crippen molar-refractivity contribution in [2.45, 2.75) is 26.2 Å². The van der Waals surface area contributed by atoms with Gasteiger partial charge >= 0.3 is 0 Å². The van der Waals surface area contributed by atoms with Crippen LogP contribution >= 0.6 is 0 Å². The van der Waals surface area contributed by atoms with E-state index >= 15 is 0 Å². The molecular formula is C20H24N8O. The third kappa shape index (κ3) is 3.99. The number of nitrogens with zero attached hydrogens (tertiary/aromatic N) is 5. The van der Waals surface area contributed by atoms with E-state index in [0.717, 1.165) is 16.8 Å². The van der Waals surface area contributed by atoms with Gasteiger partial charge in [-0.05, 0) is 24.5 Å². The van der Waals surface area contributed by atoms with Crippen molar-refractivity contribution in [3.8, 4) is 11.3 Å². The maximum Gasteiger partial charge on any atom is 0.265 e. The first-order valence-corrected chi connectivity index (χ1v) is 9.04. The van der Waals surface area contributed by atoms with E-state index in [9.17, 15) is 0 Å². The minimum absolute atomic E-state index is 0.171. The van der Waals surface area contributed by atoms with Crippen LogP contribution in [0.4, 0.5) is 5.95 Å². The van der Waals surface area contributed by atoms with E-state index in [-0.39, 0.29) is 17.8 Å². The number of H-pyrrole nitrogens is 1. The van der Waals surface area contributed by atoms with E-state index in [2.05, 4.69) is 57.3 Å². The molecule has 0 saturated heterocycles. The second-order valence-electron chi connectivity index (χ2n) is 7.06. The zero-order valence-corrected chi connectivity index (χ0v) is 16.6. The van der Waals surface area contributed by atoms with Crippen molar-refractivity contribution in [2.24, 2.45) is 16.8 Å². The highest BCUT2D eigenvalue weighted by atomic mass is 16.6. The van der Waals surface area contributed by atoms with E-state index in [1.165, 1.54) is 6.33 Å². The summed E-state index contributed by atoms with van der Waals surface area (Å²) in [6.45, 7) is 10.4. The summed E-state index contributed by atoms with van der Waals surface area (Å²) in [4.78, 5) is 29.0. The van der Waals surface area contributed by atoms with E-state index in [1.54, 1.807) is 18.6 Å². The van der Waals surface area contributed by atoms with Crippen LogP contribution in [0.25, 0.3) is 11.3 Å². The van der Waals surface area contributed by atoms with Gasteiger partial charge in [0, 0.05) is 41.5 Å². The number of aliphatic imine (C=N–C) groups is 1. The van der Waals surface area contributed by atoms with Crippen LogP contribution < -0.4 is 11.6 Å². The van der Waals surface area contributed by atoms with Crippen LogP contribution in [-0.4, -0.2) is 30.8 Å². The Kier molecular flexibility index (Phi) is 5.69. The number of imidazole rings is 1. The molecule has 5 N–H and O–H groups in total. The summed E-state index contributed by atoms with van der Waals surface area (Å²) in [7, 11) is 0. The largest absolute Gasteiger partial charge is 0.389 e. The normalized spacial score (nSPS) is 13.9. The van der Waals surface area contributed by atoms with E-state index in [0.29, 0.717) is 11.4 Å². The summed E-state index contributed by atoms with van der Waals surface area (Å²) in [6.07, 6.45) is 8.27.